The Labute approximate surface area is 60.3 Å². The van der Waals surface area contributed by atoms with Gasteiger partial charge in [-0.05, 0) is 37.6 Å². The Bertz CT molecular complexity index is 238. The van der Waals surface area contributed by atoms with Gasteiger partial charge in [0.05, 0.1) is 5.54 Å². The Kier molecular flexibility index (Phi) is 0.926. The molecule has 52 valence electrons. The average Bonchev–Trinajstić information content (AvgIpc) is 2.29. The molecular weight excluding hydrogens is 124 g/mol. The summed E-state index contributed by atoms with van der Waals surface area (Å²) in [4.78, 5) is 0. The molecule has 0 bridgehead atoms. The van der Waals surface area contributed by atoms with Crippen LogP contribution in [0.4, 0.5) is 0 Å². The van der Waals surface area contributed by atoms with E-state index in [4.69, 9.17) is 0 Å². The van der Waals surface area contributed by atoms with Crippen molar-refractivity contribution in [2.45, 2.75) is 12.5 Å². The van der Waals surface area contributed by atoms with E-state index in [0.717, 1.165) is 0 Å². The van der Waals surface area contributed by atoms with Crippen molar-refractivity contribution in [1.29, 1.82) is 0 Å². The van der Waals surface area contributed by atoms with Crippen LogP contribution < -0.4 is 10.6 Å². The van der Waals surface area contributed by atoms with Crippen LogP contribution in [-0.4, -0.2) is 5.54 Å². The van der Waals surface area contributed by atoms with Gasteiger partial charge in [0.1, 0.15) is 0 Å². The van der Waals surface area contributed by atoms with E-state index < -0.39 is 0 Å². The maximum absolute atomic E-state index is 3.26. The summed E-state index contributed by atoms with van der Waals surface area (Å²) in [5.74, 6) is 0. The predicted molar refractivity (Wildman–Crippen MR) is 41.0 cm³/mol. The summed E-state index contributed by atoms with van der Waals surface area (Å²) in [6, 6.07) is 0. The lowest BCUT2D eigenvalue weighted by molar-refractivity contribution is 0.574. The highest BCUT2D eigenvalue weighted by molar-refractivity contribution is 5.38. The number of dihydropyridines is 1. The van der Waals surface area contributed by atoms with Crippen LogP contribution in [0.2, 0.25) is 0 Å². The van der Waals surface area contributed by atoms with E-state index in [-0.39, 0.29) is 5.54 Å². The number of hydrogen-bond donors (Lipinski definition) is 2. The second-order valence-electron chi connectivity index (χ2n) is 2.76. The molecule has 2 N–H and O–H groups in total. The predicted octanol–water partition coefficient (Wildman–Crippen LogP) is 0.863. The van der Waals surface area contributed by atoms with Gasteiger partial charge < -0.3 is 10.6 Å². The molecule has 10 heavy (non-hydrogen) atoms. The summed E-state index contributed by atoms with van der Waals surface area (Å²) in [5.41, 5.74) is 1.24. The minimum atomic E-state index is 0.0226. The fourth-order valence-corrected chi connectivity index (χ4v) is 1.25. The fraction of sp³-hybridized carbons (Fsp3) is 0.250. The number of nitrogens with one attached hydrogen (secondary N) is 2. The van der Waals surface area contributed by atoms with Gasteiger partial charge in [0, 0.05) is 5.70 Å². The summed E-state index contributed by atoms with van der Waals surface area (Å²) >= 11 is 0. The lowest BCUT2D eigenvalue weighted by atomic mass is 9.98. The van der Waals surface area contributed by atoms with Crippen LogP contribution in [-0.2, 0) is 0 Å². The van der Waals surface area contributed by atoms with Crippen LogP contribution in [0.3, 0.4) is 0 Å². The largest absolute Gasteiger partial charge is 0.377 e. The van der Waals surface area contributed by atoms with Gasteiger partial charge in [0.2, 0.25) is 0 Å². The van der Waals surface area contributed by atoms with Gasteiger partial charge in [-0.2, -0.15) is 0 Å². The normalized spacial score (nSPS) is 34.3. The second kappa shape index (κ2) is 1.66. The van der Waals surface area contributed by atoms with Crippen molar-refractivity contribution in [1.82, 2.24) is 10.6 Å². The molecule has 0 saturated carbocycles. The molecule has 2 nitrogen and oxygen atoms in total. The van der Waals surface area contributed by atoms with Crippen molar-refractivity contribution < 1.29 is 0 Å². The molecule has 0 aromatic heterocycles. The zero-order chi connectivity index (χ0) is 7.03. The SMILES string of the molecule is CC12C=CNC1=CC=CN2. The topological polar surface area (TPSA) is 24.1 Å². The maximum Gasteiger partial charge on any atom is 0.0943 e. The van der Waals surface area contributed by atoms with E-state index >= 15 is 0 Å². The molecule has 2 aliphatic rings. The van der Waals surface area contributed by atoms with Crippen LogP contribution >= 0.6 is 0 Å². The maximum atomic E-state index is 3.26. The number of rotatable bonds is 0. The van der Waals surface area contributed by atoms with Crippen molar-refractivity contribution in [2.75, 3.05) is 0 Å². The molecule has 0 saturated heterocycles. The molecule has 1 atom stereocenters. The molecule has 1 unspecified atom stereocenters. The van der Waals surface area contributed by atoms with Gasteiger partial charge in [-0.1, -0.05) is 0 Å². The third-order valence-electron chi connectivity index (χ3n) is 1.96. The molecule has 2 aliphatic heterocycles. The van der Waals surface area contributed by atoms with Crippen molar-refractivity contribution in [3.63, 3.8) is 0 Å². The highest BCUT2D eigenvalue weighted by atomic mass is 15.1. The first-order chi connectivity index (χ1) is 4.81. The van der Waals surface area contributed by atoms with Gasteiger partial charge in [-0.3, -0.25) is 0 Å². The molecule has 0 fully saturated rings. The van der Waals surface area contributed by atoms with Gasteiger partial charge in [0.25, 0.3) is 0 Å². The third kappa shape index (κ3) is 0.588. The summed E-state index contributed by atoms with van der Waals surface area (Å²) in [7, 11) is 0. The van der Waals surface area contributed by atoms with E-state index in [9.17, 15) is 0 Å². The molecule has 0 aromatic carbocycles. The molecule has 0 aromatic rings. The highest BCUT2D eigenvalue weighted by Crippen LogP contribution is 2.22. The Morgan fingerprint density at radius 3 is 3.10 bits per heavy atom. The van der Waals surface area contributed by atoms with E-state index in [1.807, 2.05) is 18.5 Å². The molecule has 0 spiro atoms. The van der Waals surface area contributed by atoms with E-state index in [2.05, 4.69) is 29.7 Å². The standard InChI is InChI=1S/C8H10N2/c1-8-4-6-9-7(8)3-2-5-10-8/h2-6,9-10H,1H3. The van der Waals surface area contributed by atoms with Crippen LogP contribution in [0.25, 0.3) is 0 Å². The number of allylic oxidation sites excluding steroid dienone is 2. The van der Waals surface area contributed by atoms with Crippen molar-refractivity contribution >= 4 is 0 Å². The number of fused-ring (bicyclic) bond motifs is 1. The quantitative estimate of drug-likeness (QED) is 0.513. The highest BCUT2D eigenvalue weighted by Gasteiger charge is 2.28. The first-order valence-electron chi connectivity index (χ1n) is 3.40. The molecule has 2 rings (SSSR count). The minimum absolute atomic E-state index is 0.0226. The lowest BCUT2D eigenvalue weighted by Crippen LogP contribution is -2.40. The molecule has 0 aliphatic carbocycles. The van der Waals surface area contributed by atoms with E-state index in [1.165, 1.54) is 5.70 Å². The van der Waals surface area contributed by atoms with E-state index in [1.54, 1.807) is 0 Å². The van der Waals surface area contributed by atoms with Crippen LogP contribution in [0, 0.1) is 0 Å². The summed E-state index contributed by atoms with van der Waals surface area (Å²) < 4.78 is 0. The smallest absolute Gasteiger partial charge is 0.0943 e. The Morgan fingerprint density at radius 2 is 2.30 bits per heavy atom. The zero-order valence-corrected chi connectivity index (χ0v) is 5.89. The summed E-state index contributed by atoms with van der Waals surface area (Å²) in [6.07, 6.45) is 10.1. The Hall–Kier alpha value is -1.18. The van der Waals surface area contributed by atoms with Crippen molar-refractivity contribution in [3.8, 4) is 0 Å². The monoisotopic (exact) mass is 134 g/mol. The average molecular weight is 134 g/mol. The van der Waals surface area contributed by atoms with Crippen molar-refractivity contribution in [2.24, 2.45) is 0 Å². The summed E-state index contributed by atoms with van der Waals surface area (Å²) in [6.45, 7) is 2.14. The first-order valence-corrected chi connectivity index (χ1v) is 3.40. The molecular formula is C8H10N2. The molecule has 2 heteroatoms. The van der Waals surface area contributed by atoms with E-state index in [0.29, 0.717) is 0 Å². The van der Waals surface area contributed by atoms with Gasteiger partial charge >= 0.3 is 0 Å². The minimum Gasteiger partial charge on any atom is -0.377 e. The van der Waals surface area contributed by atoms with Crippen molar-refractivity contribution in [3.05, 3.63) is 36.3 Å². The zero-order valence-electron chi connectivity index (χ0n) is 5.89. The Morgan fingerprint density at radius 1 is 1.40 bits per heavy atom. The molecule has 0 amide bonds. The first kappa shape index (κ1) is 5.59. The van der Waals surface area contributed by atoms with Gasteiger partial charge in [-0.25, -0.2) is 0 Å². The van der Waals surface area contributed by atoms with Crippen LogP contribution in [0.15, 0.2) is 36.3 Å². The second-order valence-corrected chi connectivity index (χ2v) is 2.76. The third-order valence-corrected chi connectivity index (χ3v) is 1.96. The Balaban J connectivity index is 2.41. The summed E-state index contributed by atoms with van der Waals surface area (Å²) in [5, 5.41) is 6.43. The lowest BCUT2D eigenvalue weighted by Gasteiger charge is -2.26. The molecule has 0 radical (unpaired) electrons. The number of hydrogen-bond acceptors (Lipinski definition) is 2. The van der Waals surface area contributed by atoms with Crippen LogP contribution in [0.1, 0.15) is 6.92 Å². The van der Waals surface area contributed by atoms with Gasteiger partial charge in [-0.15, -0.1) is 0 Å². The fourth-order valence-electron chi connectivity index (χ4n) is 1.25. The van der Waals surface area contributed by atoms with Gasteiger partial charge in [0.15, 0.2) is 0 Å². The molecule has 2 heterocycles. The van der Waals surface area contributed by atoms with Crippen LogP contribution in [0.5, 0.6) is 0 Å².